The average molecular weight is 527 g/mol. The molecular weight excluding hydrogens is 492 g/mol. The predicted molar refractivity (Wildman–Crippen MR) is 154 cm³/mol. The Hall–Kier alpha value is -4.50. The molecule has 0 unspecified atom stereocenters. The van der Waals surface area contributed by atoms with Gasteiger partial charge in [0.2, 0.25) is 5.91 Å². The van der Waals surface area contributed by atoms with Gasteiger partial charge in [0.25, 0.3) is 5.91 Å². The highest BCUT2D eigenvalue weighted by atomic mass is 16.5. The number of nitrogens with one attached hydrogen (secondary N) is 2. The second-order valence-corrected chi connectivity index (χ2v) is 9.66. The van der Waals surface area contributed by atoms with Crippen LogP contribution in [0, 0.1) is 6.92 Å². The molecule has 2 aromatic carbocycles. The van der Waals surface area contributed by atoms with Gasteiger partial charge >= 0.3 is 0 Å². The first-order valence-corrected chi connectivity index (χ1v) is 12.8. The van der Waals surface area contributed by atoms with E-state index < -0.39 is 6.04 Å². The van der Waals surface area contributed by atoms with E-state index >= 15 is 0 Å². The van der Waals surface area contributed by atoms with Crippen molar-refractivity contribution in [2.24, 2.45) is 0 Å². The first kappa shape index (κ1) is 27.5. The van der Waals surface area contributed by atoms with Crippen molar-refractivity contribution in [3.63, 3.8) is 0 Å². The summed E-state index contributed by atoms with van der Waals surface area (Å²) >= 11 is 0. The van der Waals surface area contributed by atoms with Crippen LogP contribution in [0.3, 0.4) is 0 Å². The minimum Gasteiger partial charge on any atom is -0.385 e. The van der Waals surface area contributed by atoms with Crippen molar-refractivity contribution in [1.29, 1.82) is 0 Å². The van der Waals surface area contributed by atoms with Crippen LogP contribution in [-0.2, 0) is 9.53 Å². The maximum atomic E-state index is 13.2. The highest BCUT2D eigenvalue weighted by Crippen LogP contribution is 2.32. The minimum absolute atomic E-state index is 0.236. The first-order chi connectivity index (χ1) is 18.7. The number of aromatic nitrogens is 3. The SMILES string of the molecule is C=CC(=O)N[C@@H](CCOC)c1nc(-c2cccc(C(=O)Nc3ccc(C(C)C)c(C)c3)c2)c2c(N)nccn12. The number of hydrogen-bond acceptors (Lipinski definition) is 6. The zero-order chi connectivity index (χ0) is 28.1. The summed E-state index contributed by atoms with van der Waals surface area (Å²) in [4.78, 5) is 34.5. The predicted octanol–water partition coefficient (Wildman–Crippen LogP) is 5.04. The van der Waals surface area contributed by atoms with Crippen LogP contribution in [0.1, 0.15) is 59.5 Å². The minimum atomic E-state index is -0.470. The Bertz CT molecular complexity index is 1520. The molecule has 2 amide bonds. The zero-order valence-corrected chi connectivity index (χ0v) is 22.7. The Morgan fingerprint density at radius 1 is 1.21 bits per heavy atom. The van der Waals surface area contributed by atoms with E-state index in [0.29, 0.717) is 47.1 Å². The Labute approximate surface area is 228 Å². The number of carbonyl (C=O) groups is 2. The third-order valence-electron chi connectivity index (χ3n) is 6.58. The van der Waals surface area contributed by atoms with Crippen LogP contribution in [0.4, 0.5) is 11.5 Å². The molecule has 0 saturated heterocycles. The van der Waals surface area contributed by atoms with Crippen LogP contribution in [0.25, 0.3) is 16.8 Å². The number of amides is 2. The van der Waals surface area contributed by atoms with Gasteiger partial charge in [-0.3, -0.25) is 14.0 Å². The van der Waals surface area contributed by atoms with Crippen LogP contribution in [0.5, 0.6) is 0 Å². The fourth-order valence-corrected chi connectivity index (χ4v) is 4.68. The van der Waals surface area contributed by atoms with Gasteiger partial charge in [-0.15, -0.1) is 0 Å². The highest BCUT2D eigenvalue weighted by Gasteiger charge is 2.24. The summed E-state index contributed by atoms with van der Waals surface area (Å²) in [5, 5.41) is 5.92. The maximum Gasteiger partial charge on any atom is 0.255 e. The quantitative estimate of drug-likeness (QED) is 0.249. The molecule has 4 rings (SSSR count). The molecule has 0 saturated carbocycles. The van der Waals surface area contributed by atoms with E-state index in [4.69, 9.17) is 15.5 Å². The van der Waals surface area contributed by atoms with E-state index in [0.717, 1.165) is 11.3 Å². The van der Waals surface area contributed by atoms with Gasteiger partial charge in [0.05, 0.1) is 6.04 Å². The van der Waals surface area contributed by atoms with E-state index in [-0.39, 0.29) is 17.6 Å². The molecule has 39 heavy (non-hydrogen) atoms. The van der Waals surface area contributed by atoms with Crippen LogP contribution >= 0.6 is 0 Å². The lowest BCUT2D eigenvalue weighted by molar-refractivity contribution is -0.117. The van der Waals surface area contributed by atoms with Crippen molar-refractivity contribution in [3.8, 4) is 11.3 Å². The number of ether oxygens (including phenoxy) is 1. The van der Waals surface area contributed by atoms with Crippen LogP contribution in [0.2, 0.25) is 0 Å². The number of nitrogens with two attached hydrogens (primary N) is 1. The molecule has 2 aromatic heterocycles. The largest absolute Gasteiger partial charge is 0.385 e. The summed E-state index contributed by atoms with van der Waals surface area (Å²) in [6.07, 6.45) is 5.02. The fraction of sp³-hybridized carbons (Fsp3) is 0.267. The van der Waals surface area contributed by atoms with Crippen molar-refractivity contribution in [1.82, 2.24) is 19.7 Å². The number of benzene rings is 2. The molecule has 202 valence electrons. The monoisotopic (exact) mass is 526 g/mol. The number of rotatable bonds is 10. The van der Waals surface area contributed by atoms with Crippen molar-refractivity contribution < 1.29 is 14.3 Å². The second-order valence-electron chi connectivity index (χ2n) is 9.66. The van der Waals surface area contributed by atoms with E-state index in [1.165, 1.54) is 11.6 Å². The molecule has 9 heteroatoms. The number of anilines is 2. The molecule has 4 N–H and O–H groups in total. The van der Waals surface area contributed by atoms with E-state index in [1.807, 2.05) is 35.6 Å². The third kappa shape index (κ3) is 5.99. The van der Waals surface area contributed by atoms with Gasteiger partial charge < -0.3 is 21.1 Å². The first-order valence-electron chi connectivity index (χ1n) is 12.8. The standard InChI is InChI=1S/C30H34N6O3/c1-6-25(37)34-24(12-15-39-5)29-35-26(27-28(31)32-13-14-36(27)29)20-8-7-9-21(17-20)30(38)33-22-10-11-23(18(2)3)19(4)16-22/h6-11,13-14,16-18,24H,1,12,15H2,2-5H3,(H2,31,32)(H,33,38)(H,34,37)/t24-/m0/s1. The molecule has 4 aromatic rings. The summed E-state index contributed by atoms with van der Waals surface area (Å²) in [6, 6.07) is 12.7. The lowest BCUT2D eigenvalue weighted by Crippen LogP contribution is -2.29. The number of methoxy groups -OCH3 is 1. The number of nitrogens with zero attached hydrogens (tertiary/aromatic N) is 3. The average Bonchev–Trinajstić information content (AvgIpc) is 3.31. The molecule has 0 radical (unpaired) electrons. The van der Waals surface area contributed by atoms with E-state index in [9.17, 15) is 9.59 Å². The molecule has 0 aliphatic carbocycles. The Kier molecular flexibility index (Phi) is 8.41. The van der Waals surface area contributed by atoms with Crippen LogP contribution < -0.4 is 16.4 Å². The molecule has 0 bridgehead atoms. The summed E-state index contributed by atoms with van der Waals surface area (Å²) in [5.41, 5.74) is 11.7. The Morgan fingerprint density at radius 2 is 2.00 bits per heavy atom. The number of carbonyl (C=O) groups excluding carboxylic acids is 2. The smallest absolute Gasteiger partial charge is 0.255 e. The summed E-state index contributed by atoms with van der Waals surface area (Å²) in [5.74, 6) is 0.688. The third-order valence-corrected chi connectivity index (χ3v) is 6.58. The normalized spacial score (nSPS) is 11.9. The van der Waals surface area contributed by atoms with Crippen molar-refractivity contribution >= 4 is 28.8 Å². The van der Waals surface area contributed by atoms with Gasteiger partial charge in [-0.25, -0.2) is 9.97 Å². The summed E-state index contributed by atoms with van der Waals surface area (Å²) < 4.78 is 7.07. The van der Waals surface area contributed by atoms with E-state index in [2.05, 4.69) is 36.0 Å². The van der Waals surface area contributed by atoms with Gasteiger partial charge in [-0.2, -0.15) is 0 Å². The molecule has 0 fully saturated rings. The second kappa shape index (κ2) is 11.9. The number of fused-ring (bicyclic) bond motifs is 1. The molecule has 0 aliphatic rings. The number of aryl methyl sites for hydroxylation is 1. The molecule has 0 aliphatic heterocycles. The number of nitrogen functional groups attached to an aromatic ring is 1. The van der Waals surface area contributed by atoms with Crippen LogP contribution in [0.15, 0.2) is 67.5 Å². The maximum absolute atomic E-state index is 13.2. The van der Waals surface area contributed by atoms with Crippen molar-refractivity contribution in [2.45, 2.75) is 39.2 Å². The topological polar surface area (TPSA) is 124 Å². The number of hydrogen-bond donors (Lipinski definition) is 3. The van der Waals surface area contributed by atoms with Gasteiger partial charge in [-0.05, 0) is 60.7 Å². The molecule has 0 spiro atoms. The van der Waals surface area contributed by atoms with Crippen LogP contribution in [-0.4, -0.2) is 39.9 Å². The van der Waals surface area contributed by atoms with Gasteiger partial charge in [0, 0.05) is 42.9 Å². The lowest BCUT2D eigenvalue weighted by atomic mass is 9.97. The summed E-state index contributed by atoms with van der Waals surface area (Å²) in [7, 11) is 1.60. The molecular formula is C30H34N6O3. The highest BCUT2D eigenvalue weighted by molar-refractivity contribution is 6.05. The number of imidazole rings is 1. The molecule has 9 nitrogen and oxygen atoms in total. The van der Waals surface area contributed by atoms with Crippen molar-refractivity contribution in [3.05, 3.63) is 90.0 Å². The van der Waals surface area contributed by atoms with Gasteiger partial charge in [0.15, 0.2) is 0 Å². The van der Waals surface area contributed by atoms with Crippen molar-refractivity contribution in [2.75, 3.05) is 24.8 Å². The molecule has 2 heterocycles. The van der Waals surface area contributed by atoms with E-state index in [1.54, 1.807) is 37.7 Å². The Balaban J connectivity index is 1.72. The summed E-state index contributed by atoms with van der Waals surface area (Å²) in [6.45, 7) is 10.3. The lowest BCUT2D eigenvalue weighted by Gasteiger charge is -2.16. The fourth-order valence-electron chi connectivity index (χ4n) is 4.68. The van der Waals surface area contributed by atoms with Gasteiger partial charge in [0.1, 0.15) is 22.9 Å². The molecule has 1 atom stereocenters. The zero-order valence-electron chi connectivity index (χ0n) is 22.7. The van der Waals surface area contributed by atoms with Gasteiger partial charge in [-0.1, -0.05) is 38.6 Å². The Morgan fingerprint density at radius 3 is 2.69 bits per heavy atom.